The fourth-order valence-corrected chi connectivity index (χ4v) is 3.26. The van der Waals surface area contributed by atoms with Gasteiger partial charge in [-0.1, -0.05) is 30.8 Å². The molecule has 25 heavy (non-hydrogen) atoms. The van der Waals surface area contributed by atoms with E-state index >= 15 is 0 Å². The molecule has 0 aliphatic carbocycles. The molecule has 0 bridgehead atoms. The Morgan fingerprint density at radius 3 is 2.72 bits per heavy atom. The number of anilines is 1. The van der Waals surface area contributed by atoms with Gasteiger partial charge in [0.25, 0.3) is 0 Å². The Kier molecular flexibility index (Phi) is 5.28. The van der Waals surface area contributed by atoms with Gasteiger partial charge in [0, 0.05) is 11.8 Å². The minimum atomic E-state index is -0.270. The zero-order valence-electron chi connectivity index (χ0n) is 14.5. The summed E-state index contributed by atoms with van der Waals surface area (Å²) in [4.78, 5) is 20.1. The number of carbonyl (C=O) groups excluding carboxylic acids is 1. The number of carbonyl (C=O) groups is 1. The summed E-state index contributed by atoms with van der Waals surface area (Å²) < 4.78 is 5.22. The van der Waals surface area contributed by atoms with Crippen molar-refractivity contribution in [2.24, 2.45) is 0 Å². The average Bonchev–Trinajstić information content (AvgIpc) is 3.03. The topological polar surface area (TPSA) is 67.0 Å². The van der Waals surface area contributed by atoms with Gasteiger partial charge in [-0.25, -0.2) is 4.98 Å². The Bertz CT molecular complexity index is 874. The van der Waals surface area contributed by atoms with E-state index in [2.05, 4.69) is 22.2 Å². The number of rotatable bonds is 6. The van der Waals surface area contributed by atoms with Crippen molar-refractivity contribution in [2.45, 2.75) is 30.7 Å². The lowest BCUT2D eigenvalue weighted by molar-refractivity contribution is -0.115. The number of hydrogen-bond donors (Lipinski definition) is 2. The molecule has 130 valence electrons. The minimum Gasteiger partial charge on any atom is -0.497 e. The number of amides is 1. The van der Waals surface area contributed by atoms with Gasteiger partial charge in [-0.15, -0.1) is 0 Å². The van der Waals surface area contributed by atoms with Crippen LogP contribution in [0.2, 0.25) is 0 Å². The first-order valence-corrected chi connectivity index (χ1v) is 9.07. The quantitative estimate of drug-likeness (QED) is 0.649. The molecule has 1 amide bonds. The third kappa shape index (κ3) is 4.14. The number of thioether (sulfide) groups is 1. The van der Waals surface area contributed by atoms with Gasteiger partial charge >= 0.3 is 0 Å². The van der Waals surface area contributed by atoms with E-state index in [0.29, 0.717) is 5.16 Å². The predicted molar refractivity (Wildman–Crippen MR) is 102 cm³/mol. The smallest absolute Gasteiger partial charge is 0.237 e. The number of hydrogen-bond acceptors (Lipinski definition) is 4. The van der Waals surface area contributed by atoms with Crippen LogP contribution in [0, 0.1) is 0 Å². The lowest BCUT2D eigenvalue weighted by Gasteiger charge is -2.10. The SMILES string of the molecule is CCc1ccc(NC(=O)C(C)Sc2nc3ccc(OC)cc3[nH]2)cc1. The van der Waals surface area contributed by atoms with Crippen molar-refractivity contribution in [2.75, 3.05) is 12.4 Å². The number of aryl methyl sites for hydroxylation is 1. The monoisotopic (exact) mass is 355 g/mol. The Morgan fingerprint density at radius 1 is 1.28 bits per heavy atom. The number of methoxy groups -OCH3 is 1. The second-order valence-electron chi connectivity index (χ2n) is 5.72. The molecule has 0 saturated heterocycles. The Morgan fingerprint density at radius 2 is 2.04 bits per heavy atom. The van der Waals surface area contributed by atoms with E-state index in [1.54, 1.807) is 7.11 Å². The van der Waals surface area contributed by atoms with E-state index in [4.69, 9.17) is 4.74 Å². The fourth-order valence-electron chi connectivity index (χ4n) is 2.44. The molecule has 2 aromatic carbocycles. The molecule has 0 spiro atoms. The molecule has 0 saturated carbocycles. The van der Waals surface area contributed by atoms with Crippen molar-refractivity contribution in [1.82, 2.24) is 9.97 Å². The number of aromatic nitrogens is 2. The minimum absolute atomic E-state index is 0.0488. The second kappa shape index (κ2) is 7.61. The summed E-state index contributed by atoms with van der Waals surface area (Å²) >= 11 is 1.40. The summed E-state index contributed by atoms with van der Waals surface area (Å²) in [6, 6.07) is 13.6. The van der Waals surface area contributed by atoms with E-state index in [1.165, 1.54) is 17.3 Å². The normalized spacial score (nSPS) is 12.1. The number of benzene rings is 2. The highest BCUT2D eigenvalue weighted by molar-refractivity contribution is 8.00. The summed E-state index contributed by atoms with van der Waals surface area (Å²) in [5.41, 5.74) is 3.80. The first-order valence-electron chi connectivity index (χ1n) is 8.19. The maximum atomic E-state index is 12.4. The Balaban J connectivity index is 1.66. The van der Waals surface area contributed by atoms with Crippen LogP contribution in [0.4, 0.5) is 5.69 Å². The Labute approximate surface area is 151 Å². The summed E-state index contributed by atoms with van der Waals surface area (Å²) in [6.45, 7) is 3.98. The fraction of sp³-hybridized carbons (Fsp3) is 0.263. The van der Waals surface area contributed by atoms with Crippen molar-refractivity contribution >= 4 is 34.4 Å². The number of ether oxygens (including phenoxy) is 1. The third-order valence-electron chi connectivity index (χ3n) is 3.95. The highest BCUT2D eigenvalue weighted by Crippen LogP contribution is 2.26. The number of aromatic amines is 1. The Hall–Kier alpha value is -2.47. The van der Waals surface area contributed by atoms with E-state index in [1.807, 2.05) is 49.4 Å². The number of nitrogens with zero attached hydrogens (tertiary/aromatic N) is 1. The van der Waals surface area contributed by atoms with Gasteiger partial charge in [-0.2, -0.15) is 0 Å². The van der Waals surface area contributed by atoms with Crippen LogP contribution < -0.4 is 10.1 Å². The van der Waals surface area contributed by atoms with E-state index in [0.717, 1.165) is 28.9 Å². The van der Waals surface area contributed by atoms with Crippen LogP contribution in [0.25, 0.3) is 11.0 Å². The first kappa shape index (κ1) is 17.4. The summed E-state index contributed by atoms with van der Waals surface area (Å²) in [5.74, 6) is 0.723. The predicted octanol–water partition coefficient (Wildman–Crippen LogP) is 4.25. The number of imidazole rings is 1. The molecule has 0 aliphatic heterocycles. The maximum Gasteiger partial charge on any atom is 0.237 e. The van der Waals surface area contributed by atoms with Crippen molar-refractivity contribution < 1.29 is 9.53 Å². The van der Waals surface area contributed by atoms with Gasteiger partial charge in [-0.05, 0) is 43.2 Å². The van der Waals surface area contributed by atoms with Crippen LogP contribution in [0.5, 0.6) is 5.75 Å². The zero-order valence-corrected chi connectivity index (χ0v) is 15.3. The largest absolute Gasteiger partial charge is 0.497 e. The molecule has 1 heterocycles. The highest BCUT2D eigenvalue weighted by Gasteiger charge is 2.17. The number of nitrogens with one attached hydrogen (secondary N) is 2. The maximum absolute atomic E-state index is 12.4. The van der Waals surface area contributed by atoms with Crippen molar-refractivity contribution in [3.8, 4) is 5.75 Å². The van der Waals surface area contributed by atoms with Crippen LogP contribution >= 0.6 is 11.8 Å². The molecule has 0 fully saturated rings. The highest BCUT2D eigenvalue weighted by atomic mass is 32.2. The lowest BCUT2D eigenvalue weighted by Crippen LogP contribution is -2.22. The summed E-state index contributed by atoms with van der Waals surface area (Å²) in [7, 11) is 1.63. The van der Waals surface area contributed by atoms with Crippen LogP contribution in [0.3, 0.4) is 0 Å². The van der Waals surface area contributed by atoms with Crippen molar-refractivity contribution in [3.63, 3.8) is 0 Å². The lowest BCUT2D eigenvalue weighted by atomic mass is 10.1. The number of H-pyrrole nitrogens is 1. The molecule has 3 aromatic rings. The molecular formula is C19H21N3O2S. The van der Waals surface area contributed by atoms with Gasteiger partial charge in [0.2, 0.25) is 5.91 Å². The van der Waals surface area contributed by atoms with Gasteiger partial charge in [0.1, 0.15) is 5.75 Å². The second-order valence-corrected chi connectivity index (χ2v) is 7.05. The third-order valence-corrected chi connectivity index (χ3v) is 4.94. The molecule has 0 radical (unpaired) electrons. The van der Waals surface area contributed by atoms with Gasteiger partial charge in [-0.3, -0.25) is 4.79 Å². The van der Waals surface area contributed by atoms with E-state index in [9.17, 15) is 4.79 Å². The molecule has 1 unspecified atom stereocenters. The molecule has 1 aromatic heterocycles. The zero-order chi connectivity index (χ0) is 17.8. The van der Waals surface area contributed by atoms with Crippen LogP contribution in [-0.2, 0) is 11.2 Å². The molecular weight excluding hydrogens is 334 g/mol. The molecule has 2 N–H and O–H groups in total. The van der Waals surface area contributed by atoms with Crippen LogP contribution in [0.15, 0.2) is 47.6 Å². The first-order chi connectivity index (χ1) is 12.1. The molecule has 6 heteroatoms. The van der Waals surface area contributed by atoms with Gasteiger partial charge < -0.3 is 15.0 Å². The van der Waals surface area contributed by atoms with E-state index in [-0.39, 0.29) is 11.2 Å². The van der Waals surface area contributed by atoms with Crippen LogP contribution in [0.1, 0.15) is 19.4 Å². The summed E-state index contributed by atoms with van der Waals surface area (Å²) in [5, 5.41) is 3.39. The van der Waals surface area contributed by atoms with Crippen molar-refractivity contribution in [3.05, 3.63) is 48.0 Å². The van der Waals surface area contributed by atoms with Crippen LogP contribution in [-0.4, -0.2) is 28.2 Å². The molecule has 1 atom stereocenters. The number of fused-ring (bicyclic) bond motifs is 1. The standard InChI is InChI=1S/C19H21N3O2S/c1-4-13-5-7-14(8-6-13)20-18(23)12(2)25-19-21-16-10-9-15(24-3)11-17(16)22-19/h5-12H,4H2,1-3H3,(H,20,23)(H,21,22). The molecule has 0 aliphatic rings. The van der Waals surface area contributed by atoms with Crippen molar-refractivity contribution in [1.29, 1.82) is 0 Å². The molecule has 5 nitrogen and oxygen atoms in total. The molecule has 3 rings (SSSR count). The summed E-state index contributed by atoms with van der Waals surface area (Å²) in [6.07, 6.45) is 0.983. The van der Waals surface area contributed by atoms with E-state index < -0.39 is 0 Å². The average molecular weight is 355 g/mol. The van der Waals surface area contributed by atoms with Gasteiger partial charge in [0.15, 0.2) is 5.16 Å². The van der Waals surface area contributed by atoms with Gasteiger partial charge in [0.05, 0.1) is 23.4 Å².